The number of aliphatic hydroxyl groups excluding tert-OH is 1. The third kappa shape index (κ3) is 4.60. The zero-order chi connectivity index (χ0) is 22.8. The van der Waals surface area contributed by atoms with Crippen molar-refractivity contribution in [2.24, 2.45) is 0 Å². The van der Waals surface area contributed by atoms with Crippen molar-refractivity contribution in [2.45, 2.75) is 6.54 Å². The molecule has 33 heavy (non-hydrogen) atoms. The molecule has 0 aliphatic carbocycles. The molecule has 5 rings (SSSR count). The molecule has 0 saturated carbocycles. The molecular weight excluding hydrogens is 444 g/mol. The van der Waals surface area contributed by atoms with Crippen molar-refractivity contribution < 1.29 is 14.6 Å². The van der Waals surface area contributed by atoms with Gasteiger partial charge in [0.25, 0.3) is 0 Å². The van der Waals surface area contributed by atoms with Gasteiger partial charge in [0, 0.05) is 69.3 Å². The fourth-order valence-corrected chi connectivity index (χ4v) is 5.13. The van der Waals surface area contributed by atoms with Gasteiger partial charge in [-0.3, -0.25) is 9.69 Å². The van der Waals surface area contributed by atoms with E-state index < -0.39 is 6.61 Å². The second kappa shape index (κ2) is 9.51. The van der Waals surface area contributed by atoms with Crippen molar-refractivity contribution in [3.63, 3.8) is 0 Å². The fourth-order valence-electron chi connectivity index (χ4n) is 4.12. The summed E-state index contributed by atoms with van der Waals surface area (Å²) >= 11 is 1.61. The predicted octanol–water partition coefficient (Wildman–Crippen LogP) is 0.204. The summed E-state index contributed by atoms with van der Waals surface area (Å²) < 4.78 is 6.49. The Morgan fingerprint density at radius 1 is 1.09 bits per heavy atom. The van der Waals surface area contributed by atoms with Crippen LogP contribution in [0, 0.1) is 0 Å². The number of nitrogen functional groups attached to an aromatic ring is 1. The molecular formula is C21H26N8O3S. The lowest BCUT2D eigenvalue weighted by Gasteiger charge is -2.34. The van der Waals surface area contributed by atoms with Crippen molar-refractivity contribution >= 4 is 39.4 Å². The van der Waals surface area contributed by atoms with E-state index in [9.17, 15) is 4.79 Å². The summed E-state index contributed by atoms with van der Waals surface area (Å²) in [4.78, 5) is 36.1. The number of nitrogens with zero attached hydrogens (tertiary/aromatic N) is 7. The summed E-state index contributed by atoms with van der Waals surface area (Å²) in [5.74, 6) is 0.688. The van der Waals surface area contributed by atoms with E-state index in [2.05, 4.69) is 25.1 Å². The molecule has 0 aromatic carbocycles. The Morgan fingerprint density at radius 2 is 1.82 bits per heavy atom. The highest BCUT2D eigenvalue weighted by Gasteiger charge is 2.24. The van der Waals surface area contributed by atoms with Crippen molar-refractivity contribution in [2.75, 3.05) is 69.7 Å². The van der Waals surface area contributed by atoms with E-state index in [1.165, 1.54) is 0 Å². The van der Waals surface area contributed by atoms with Gasteiger partial charge >= 0.3 is 0 Å². The zero-order valence-electron chi connectivity index (χ0n) is 18.2. The topological polar surface area (TPSA) is 134 Å². The normalized spacial score (nSPS) is 17.6. The van der Waals surface area contributed by atoms with Gasteiger partial charge in [-0.2, -0.15) is 0 Å². The number of morpholine rings is 1. The zero-order valence-corrected chi connectivity index (χ0v) is 19.0. The van der Waals surface area contributed by atoms with Gasteiger partial charge in [-0.15, -0.1) is 11.3 Å². The maximum Gasteiger partial charge on any atom is 0.248 e. The summed E-state index contributed by atoms with van der Waals surface area (Å²) in [6, 6.07) is 0. The third-order valence-electron chi connectivity index (χ3n) is 5.97. The number of nitrogens with two attached hydrogens (primary N) is 1. The first-order valence-corrected chi connectivity index (χ1v) is 11.8. The Bertz CT molecular complexity index is 1120. The molecule has 3 aromatic heterocycles. The minimum Gasteiger partial charge on any atom is -0.387 e. The van der Waals surface area contributed by atoms with Crippen LogP contribution in [0.15, 0.2) is 17.8 Å². The number of carbonyl (C=O) groups excluding carboxylic acids is 1. The number of amides is 1. The molecule has 3 N–H and O–H groups in total. The van der Waals surface area contributed by atoms with Crippen molar-refractivity contribution in [3.8, 4) is 11.3 Å². The van der Waals surface area contributed by atoms with Crippen LogP contribution in [0.2, 0.25) is 0 Å². The van der Waals surface area contributed by atoms with E-state index in [4.69, 9.17) is 25.5 Å². The van der Waals surface area contributed by atoms with Gasteiger partial charge in [-0.25, -0.2) is 19.9 Å². The second-order valence-electron chi connectivity index (χ2n) is 8.06. The molecule has 11 nitrogen and oxygen atoms in total. The maximum absolute atomic E-state index is 11.8. The molecule has 2 aliphatic rings. The quantitative estimate of drug-likeness (QED) is 0.533. The first kappa shape index (κ1) is 21.9. The van der Waals surface area contributed by atoms with Crippen molar-refractivity contribution in [1.29, 1.82) is 0 Å². The summed E-state index contributed by atoms with van der Waals surface area (Å²) in [6.45, 7) is 5.81. The Morgan fingerprint density at radius 3 is 2.52 bits per heavy atom. The number of thiophene rings is 1. The Balaban J connectivity index is 1.47. The van der Waals surface area contributed by atoms with E-state index in [0.29, 0.717) is 32.3 Å². The highest BCUT2D eigenvalue weighted by atomic mass is 32.1. The van der Waals surface area contributed by atoms with Crippen LogP contribution in [-0.4, -0.2) is 99.8 Å². The van der Waals surface area contributed by atoms with Gasteiger partial charge in [0.2, 0.25) is 17.8 Å². The van der Waals surface area contributed by atoms with Gasteiger partial charge < -0.3 is 25.4 Å². The molecule has 12 heteroatoms. The van der Waals surface area contributed by atoms with Gasteiger partial charge in [0.05, 0.1) is 29.1 Å². The molecule has 0 bridgehead atoms. The van der Waals surface area contributed by atoms with Crippen LogP contribution in [0.1, 0.15) is 5.56 Å². The Labute approximate surface area is 194 Å². The van der Waals surface area contributed by atoms with E-state index in [1.807, 2.05) is 0 Å². The van der Waals surface area contributed by atoms with E-state index in [-0.39, 0.29) is 11.9 Å². The predicted molar refractivity (Wildman–Crippen MR) is 125 cm³/mol. The van der Waals surface area contributed by atoms with Gasteiger partial charge in [-0.1, -0.05) is 0 Å². The number of rotatable bonds is 5. The van der Waals surface area contributed by atoms with Gasteiger partial charge in [-0.05, 0) is 5.38 Å². The molecule has 5 heterocycles. The summed E-state index contributed by atoms with van der Waals surface area (Å²) in [5, 5.41) is 11.2. The smallest absolute Gasteiger partial charge is 0.248 e. The number of anilines is 2. The molecule has 3 aromatic rings. The second-order valence-corrected chi connectivity index (χ2v) is 8.93. The van der Waals surface area contributed by atoms with Crippen LogP contribution in [0.5, 0.6) is 0 Å². The number of ether oxygens (including phenoxy) is 1. The minimum atomic E-state index is -0.436. The van der Waals surface area contributed by atoms with Crippen molar-refractivity contribution in [1.82, 2.24) is 29.7 Å². The van der Waals surface area contributed by atoms with Crippen LogP contribution >= 0.6 is 11.3 Å². The average molecular weight is 471 g/mol. The maximum atomic E-state index is 11.8. The Hall–Kier alpha value is -2.93. The van der Waals surface area contributed by atoms with Crippen molar-refractivity contribution in [3.05, 3.63) is 23.3 Å². The molecule has 0 radical (unpaired) electrons. The molecule has 2 fully saturated rings. The van der Waals surface area contributed by atoms with E-state index >= 15 is 0 Å². The molecule has 2 saturated heterocycles. The number of fused-ring (bicyclic) bond motifs is 1. The highest BCUT2D eigenvalue weighted by Crippen LogP contribution is 2.35. The molecule has 0 atom stereocenters. The number of carbonyl (C=O) groups is 1. The van der Waals surface area contributed by atoms with Gasteiger partial charge in [0.1, 0.15) is 6.61 Å². The standard InChI is InChI=1S/C21H26N8O3S/c22-20-23-9-14(10-24-20)17-19-18(26-21(25-17)29-5-7-32-8-6-29)15(13-33-19)11-27-1-3-28(4-2-27)16(31)12-30/h9-10,13,30H,1-8,11-12H2,(H2,22,23,24). The van der Waals surface area contributed by atoms with Crippen LogP contribution in [0.25, 0.3) is 21.5 Å². The lowest BCUT2D eigenvalue weighted by Crippen LogP contribution is -2.49. The summed E-state index contributed by atoms with van der Waals surface area (Å²) in [7, 11) is 0. The number of piperazine rings is 1. The van der Waals surface area contributed by atoms with Crippen LogP contribution in [0.4, 0.5) is 11.9 Å². The molecule has 0 unspecified atom stereocenters. The summed E-state index contributed by atoms with van der Waals surface area (Å²) in [6.07, 6.45) is 3.40. The van der Waals surface area contributed by atoms with Gasteiger partial charge in [0.15, 0.2) is 0 Å². The number of aliphatic hydroxyl groups is 1. The first-order valence-electron chi connectivity index (χ1n) is 10.9. The molecule has 2 aliphatic heterocycles. The number of hydrogen-bond donors (Lipinski definition) is 2. The Kier molecular flexibility index (Phi) is 6.31. The monoisotopic (exact) mass is 470 g/mol. The van der Waals surface area contributed by atoms with Crippen LogP contribution < -0.4 is 10.6 Å². The third-order valence-corrected chi connectivity index (χ3v) is 7.00. The van der Waals surface area contributed by atoms with Crippen LogP contribution in [0.3, 0.4) is 0 Å². The van der Waals surface area contributed by atoms with Crippen LogP contribution in [-0.2, 0) is 16.1 Å². The SMILES string of the molecule is Nc1ncc(-c2nc(N3CCOCC3)nc3c(CN4CCN(C(=O)CO)CC4)csc23)cn1. The summed E-state index contributed by atoms with van der Waals surface area (Å²) in [5.41, 5.74) is 9.35. The lowest BCUT2D eigenvalue weighted by molar-refractivity contribution is -0.135. The van der Waals surface area contributed by atoms with E-state index in [0.717, 1.165) is 59.8 Å². The molecule has 174 valence electrons. The first-order chi connectivity index (χ1) is 16.1. The minimum absolute atomic E-state index is 0.214. The average Bonchev–Trinajstić information content (AvgIpc) is 3.27. The number of hydrogen-bond acceptors (Lipinski definition) is 11. The van der Waals surface area contributed by atoms with E-state index in [1.54, 1.807) is 28.6 Å². The fraction of sp³-hybridized carbons (Fsp3) is 0.476. The largest absolute Gasteiger partial charge is 0.387 e. The highest BCUT2D eigenvalue weighted by molar-refractivity contribution is 7.17. The molecule has 1 amide bonds. The lowest BCUT2D eigenvalue weighted by atomic mass is 10.1. The number of aromatic nitrogens is 4. The molecule has 0 spiro atoms.